The van der Waals surface area contributed by atoms with Gasteiger partial charge in [0, 0.05) is 8.59 Å². The van der Waals surface area contributed by atoms with Gasteiger partial charge in [-0.2, -0.15) is 0 Å². The van der Waals surface area contributed by atoms with Crippen LogP contribution in [0.3, 0.4) is 0 Å². The maximum Gasteiger partial charge on any atom is 0.113 e. The Morgan fingerprint density at radius 2 is 2.00 bits per heavy atom. The molecule has 0 nitrogen and oxygen atoms in total. The molecule has 0 aromatic heterocycles. The molecule has 0 saturated heterocycles. The van der Waals surface area contributed by atoms with Gasteiger partial charge in [0.15, 0.2) is 0 Å². The molecule has 0 N–H and O–H groups in total. The van der Waals surface area contributed by atoms with Crippen molar-refractivity contribution in [1.82, 2.24) is 0 Å². The summed E-state index contributed by atoms with van der Waals surface area (Å²) in [4.78, 5) is 0. The summed E-state index contributed by atoms with van der Waals surface area (Å²) in [5.41, 5.74) is 0.715. The summed E-state index contributed by atoms with van der Waals surface area (Å²) in [6, 6.07) is 5.45. The minimum atomic E-state index is 0.694. The summed E-state index contributed by atoms with van der Waals surface area (Å²) in [5, 5.41) is 0.694. The van der Waals surface area contributed by atoms with E-state index in [0.717, 1.165) is 3.57 Å². The van der Waals surface area contributed by atoms with Crippen molar-refractivity contribution in [3.8, 4) is 0 Å². The van der Waals surface area contributed by atoms with Crippen LogP contribution < -0.4 is 5.46 Å². The first kappa shape index (κ1) is 7.41. The lowest BCUT2D eigenvalue weighted by molar-refractivity contribution is 1.70. The monoisotopic (exact) mass is 248 g/mol. The Labute approximate surface area is 74.1 Å². The lowest BCUT2D eigenvalue weighted by Gasteiger charge is -1.94. The van der Waals surface area contributed by atoms with Crippen molar-refractivity contribution in [2.24, 2.45) is 0 Å². The maximum absolute atomic E-state index is 5.67. The van der Waals surface area contributed by atoms with Crippen LogP contribution in [0.1, 0.15) is 0 Å². The van der Waals surface area contributed by atoms with E-state index >= 15 is 0 Å². The molecule has 0 spiro atoms. The van der Waals surface area contributed by atoms with E-state index in [4.69, 9.17) is 19.4 Å². The molecule has 1 rings (SSSR count). The molecule has 0 heterocycles. The second-order valence-electron chi connectivity index (χ2n) is 1.70. The van der Waals surface area contributed by atoms with Crippen molar-refractivity contribution >= 4 is 47.5 Å². The normalized spacial score (nSPS) is 9.56. The highest BCUT2D eigenvalue weighted by atomic mass is 127. The van der Waals surface area contributed by atoms with Crippen LogP contribution in [0.2, 0.25) is 5.02 Å². The fourth-order valence-corrected chi connectivity index (χ4v) is 1.70. The standard InChI is InChI=1S/C6H3BClI/c7-4-1-5(8)3-6(9)2-4/h1-3H. The average Bonchev–Trinajstić information content (AvgIpc) is 1.59. The Morgan fingerprint density at radius 3 is 2.44 bits per heavy atom. The highest BCUT2D eigenvalue weighted by Gasteiger charge is 1.90. The molecule has 0 aliphatic rings. The first-order valence-electron chi connectivity index (χ1n) is 2.40. The zero-order valence-corrected chi connectivity index (χ0v) is 7.48. The lowest BCUT2D eigenvalue weighted by atomic mass is 9.97. The second-order valence-corrected chi connectivity index (χ2v) is 3.38. The van der Waals surface area contributed by atoms with Gasteiger partial charge in [-0.05, 0) is 28.7 Å². The molecule has 0 aliphatic carbocycles. The Balaban J connectivity index is 3.17. The Hall–Kier alpha value is 0.305. The lowest BCUT2D eigenvalue weighted by Crippen LogP contribution is -2.00. The summed E-state index contributed by atoms with van der Waals surface area (Å²) >= 11 is 7.83. The highest BCUT2D eigenvalue weighted by molar-refractivity contribution is 14.1. The molecule has 0 fully saturated rings. The van der Waals surface area contributed by atoms with Crippen LogP contribution in [0.25, 0.3) is 0 Å². The van der Waals surface area contributed by atoms with E-state index in [0.29, 0.717) is 10.5 Å². The quantitative estimate of drug-likeness (QED) is 0.484. The minimum absolute atomic E-state index is 0.694. The topological polar surface area (TPSA) is 0 Å². The van der Waals surface area contributed by atoms with E-state index < -0.39 is 0 Å². The maximum atomic E-state index is 5.67. The first-order valence-corrected chi connectivity index (χ1v) is 3.86. The summed E-state index contributed by atoms with van der Waals surface area (Å²) < 4.78 is 1.07. The predicted octanol–water partition coefficient (Wildman–Crippen LogP) is 1.74. The van der Waals surface area contributed by atoms with Gasteiger partial charge < -0.3 is 0 Å². The summed E-state index contributed by atoms with van der Waals surface area (Å²) in [7, 11) is 5.47. The molecule has 2 radical (unpaired) electrons. The summed E-state index contributed by atoms with van der Waals surface area (Å²) in [5.74, 6) is 0. The van der Waals surface area contributed by atoms with E-state index in [2.05, 4.69) is 22.6 Å². The van der Waals surface area contributed by atoms with Gasteiger partial charge in [-0.3, -0.25) is 0 Å². The van der Waals surface area contributed by atoms with Crippen LogP contribution in [-0.4, -0.2) is 7.85 Å². The van der Waals surface area contributed by atoms with Gasteiger partial charge in [-0.1, -0.05) is 29.2 Å². The smallest absolute Gasteiger partial charge is 0.0942 e. The van der Waals surface area contributed by atoms with Gasteiger partial charge in [0.2, 0.25) is 0 Å². The van der Waals surface area contributed by atoms with Gasteiger partial charge in [0.1, 0.15) is 7.85 Å². The van der Waals surface area contributed by atoms with Crippen molar-refractivity contribution in [3.63, 3.8) is 0 Å². The number of rotatable bonds is 0. The highest BCUT2D eigenvalue weighted by Crippen LogP contribution is 2.09. The first-order chi connectivity index (χ1) is 4.18. The number of hydrogen-bond acceptors (Lipinski definition) is 0. The van der Waals surface area contributed by atoms with E-state index in [-0.39, 0.29) is 0 Å². The van der Waals surface area contributed by atoms with Crippen LogP contribution in [-0.2, 0) is 0 Å². The molecule has 0 atom stereocenters. The van der Waals surface area contributed by atoms with Gasteiger partial charge >= 0.3 is 0 Å². The van der Waals surface area contributed by atoms with Gasteiger partial charge in [-0.25, -0.2) is 0 Å². The van der Waals surface area contributed by atoms with E-state index in [1.807, 2.05) is 12.1 Å². The molecule has 1 aromatic carbocycles. The Bertz CT molecular complexity index is 174. The van der Waals surface area contributed by atoms with Crippen LogP contribution in [0, 0.1) is 3.57 Å². The van der Waals surface area contributed by atoms with Gasteiger partial charge in [-0.15, -0.1) is 0 Å². The predicted molar refractivity (Wildman–Crippen MR) is 49.6 cm³/mol. The van der Waals surface area contributed by atoms with Crippen molar-refractivity contribution in [2.45, 2.75) is 0 Å². The van der Waals surface area contributed by atoms with Gasteiger partial charge in [0.05, 0.1) is 0 Å². The molecule has 0 bridgehead atoms. The molecular weight excluding hydrogens is 245 g/mol. The third kappa shape index (κ3) is 2.18. The fourth-order valence-electron chi connectivity index (χ4n) is 0.575. The molecule has 0 amide bonds. The van der Waals surface area contributed by atoms with Gasteiger partial charge in [0.25, 0.3) is 0 Å². The molecule has 0 saturated carbocycles. The third-order valence-electron chi connectivity index (χ3n) is 0.885. The molecule has 44 valence electrons. The van der Waals surface area contributed by atoms with E-state index in [1.54, 1.807) is 6.07 Å². The minimum Gasteiger partial charge on any atom is -0.0942 e. The average molecular weight is 248 g/mol. The van der Waals surface area contributed by atoms with Crippen LogP contribution in [0.4, 0.5) is 0 Å². The van der Waals surface area contributed by atoms with Crippen LogP contribution in [0.5, 0.6) is 0 Å². The SMILES string of the molecule is [B]c1cc(Cl)cc(I)c1. The zero-order chi connectivity index (χ0) is 6.85. The second kappa shape index (κ2) is 2.93. The molecule has 9 heavy (non-hydrogen) atoms. The Kier molecular flexibility index (Phi) is 2.41. The zero-order valence-electron chi connectivity index (χ0n) is 4.57. The number of halogens is 2. The van der Waals surface area contributed by atoms with Crippen molar-refractivity contribution < 1.29 is 0 Å². The van der Waals surface area contributed by atoms with Crippen molar-refractivity contribution in [3.05, 3.63) is 26.8 Å². The Morgan fingerprint density at radius 1 is 1.33 bits per heavy atom. The largest absolute Gasteiger partial charge is 0.113 e. The number of benzene rings is 1. The van der Waals surface area contributed by atoms with Crippen LogP contribution in [0.15, 0.2) is 18.2 Å². The summed E-state index contributed by atoms with van der Waals surface area (Å²) in [6.45, 7) is 0. The molecule has 1 aromatic rings. The van der Waals surface area contributed by atoms with E-state index in [1.165, 1.54) is 0 Å². The van der Waals surface area contributed by atoms with Crippen molar-refractivity contribution in [2.75, 3.05) is 0 Å². The van der Waals surface area contributed by atoms with Crippen LogP contribution >= 0.6 is 34.2 Å². The summed E-state index contributed by atoms with van der Waals surface area (Å²) in [6.07, 6.45) is 0. The number of hydrogen-bond donors (Lipinski definition) is 0. The van der Waals surface area contributed by atoms with Crippen molar-refractivity contribution in [1.29, 1.82) is 0 Å². The molecule has 0 aliphatic heterocycles. The van der Waals surface area contributed by atoms with E-state index in [9.17, 15) is 0 Å². The third-order valence-corrected chi connectivity index (χ3v) is 1.73. The molecule has 3 heteroatoms. The molecular formula is C6H3BClI. The fraction of sp³-hybridized carbons (Fsp3) is 0. The molecule has 0 unspecified atom stereocenters.